The molecule has 0 bridgehead atoms. The third-order valence-corrected chi connectivity index (χ3v) is 5.88. The second kappa shape index (κ2) is 9.17. The van der Waals surface area contributed by atoms with Gasteiger partial charge in [0.2, 0.25) is 0 Å². The summed E-state index contributed by atoms with van der Waals surface area (Å²) in [6, 6.07) is 20.5. The molecule has 4 heteroatoms. The second-order valence-electron chi connectivity index (χ2n) is 7.81. The quantitative estimate of drug-likeness (QED) is 0.412. The van der Waals surface area contributed by atoms with Crippen LogP contribution < -0.4 is 0 Å². The largest absolute Gasteiger partial charge is 0.508 e. The minimum Gasteiger partial charge on any atom is -0.508 e. The lowest BCUT2D eigenvalue weighted by molar-refractivity contribution is -0.137. The summed E-state index contributed by atoms with van der Waals surface area (Å²) in [4.78, 5) is 11.6. The molecule has 1 aliphatic carbocycles. The second-order valence-corrected chi connectivity index (χ2v) is 7.81. The van der Waals surface area contributed by atoms with Crippen molar-refractivity contribution in [2.24, 2.45) is 0 Å². The number of carbonyl (C=O) groups is 1. The number of halogens is 1. The van der Waals surface area contributed by atoms with E-state index >= 15 is 0 Å². The predicted molar refractivity (Wildman–Crippen MR) is 120 cm³/mol. The Kier molecular flexibility index (Phi) is 6.17. The maximum atomic E-state index is 13.5. The van der Waals surface area contributed by atoms with Gasteiger partial charge in [0, 0.05) is 12.0 Å². The predicted octanol–water partition coefficient (Wildman–Crippen LogP) is 5.97. The Bertz CT molecular complexity index is 1080. The van der Waals surface area contributed by atoms with Crippen molar-refractivity contribution in [2.45, 2.75) is 31.6 Å². The van der Waals surface area contributed by atoms with Gasteiger partial charge >= 0.3 is 5.97 Å². The Morgan fingerprint density at radius 1 is 1.06 bits per heavy atom. The molecule has 2 unspecified atom stereocenters. The van der Waals surface area contributed by atoms with Gasteiger partial charge in [-0.25, -0.2) is 9.18 Å². The molecule has 2 atom stereocenters. The maximum absolute atomic E-state index is 13.5. The standard InChI is InChI=1S/C27H25FO3/c1-2-31-26(30)16-5-18-3-6-20(7-4-18)27-24(19-8-11-22(28)12-9-19)14-10-21-17-23(29)13-15-25(21)27/h3-9,11-13,15-17,24,27,29H,2,10,14H2,1H3. The number of aryl methyl sites for hydroxylation is 1. The smallest absolute Gasteiger partial charge is 0.330 e. The third-order valence-electron chi connectivity index (χ3n) is 5.88. The summed E-state index contributed by atoms with van der Waals surface area (Å²) in [5.74, 6) is -0.0169. The van der Waals surface area contributed by atoms with Crippen molar-refractivity contribution in [1.82, 2.24) is 0 Å². The lowest BCUT2D eigenvalue weighted by Gasteiger charge is -2.35. The van der Waals surface area contributed by atoms with Gasteiger partial charge in [0.1, 0.15) is 11.6 Å². The number of hydrogen-bond acceptors (Lipinski definition) is 3. The number of esters is 1. The van der Waals surface area contributed by atoms with Crippen LogP contribution >= 0.6 is 0 Å². The summed E-state index contributed by atoms with van der Waals surface area (Å²) in [5.41, 5.74) is 5.50. The van der Waals surface area contributed by atoms with E-state index in [4.69, 9.17) is 4.74 Å². The molecule has 0 spiro atoms. The van der Waals surface area contributed by atoms with Crippen molar-refractivity contribution in [1.29, 1.82) is 0 Å². The molecule has 158 valence electrons. The number of aromatic hydroxyl groups is 1. The van der Waals surface area contributed by atoms with Crippen molar-refractivity contribution in [2.75, 3.05) is 6.61 Å². The normalized spacial score (nSPS) is 18.0. The van der Waals surface area contributed by atoms with Crippen LogP contribution in [-0.4, -0.2) is 17.7 Å². The van der Waals surface area contributed by atoms with Crippen LogP contribution in [0.4, 0.5) is 4.39 Å². The molecule has 0 radical (unpaired) electrons. The average molecular weight is 416 g/mol. The number of carbonyl (C=O) groups excluding carboxylic acids is 1. The molecule has 0 heterocycles. The van der Waals surface area contributed by atoms with Crippen LogP contribution in [0.5, 0.6) is 5.75 Å². The zero-order valence-corrected chi connectivity index (χ0v) is 17.4. The summed E-state index contributed by atoms with van der Waals surface area (Å²) in [5, 5.41) is 9.95. The van der Waals surface area contributed by atoms with E-state index in [-0.39, 0.29) is 29.4 Å². The topological polar surface area (TPSA) is 46.5 Å². The molecule has 3 nitrogen and oxygen atoms in total. The number of phenolic OH excluding ortho intramolecular Hbond substituents is 1. The van der Waals surface area contributed by atoms with Crippen LogP contribution in [0.1, 0.15) is 53.0 Å². The van der Waals surface area contributed by atoms with Gasteiger partial charge < -0.3 is 9.84 Å². The fourth-order valence-electron chi connectivity index (χ4n) is 4.46. The van der Waals surface area contributed by atoms with Crippen molar-refractivity contribution >= 4 is 12.0 Å². The highest BCUT2D eigenvalue weighted by Crippen LogP contribution is 2.47. The van der Waals surface area contributed by atoms with E-state index in [0.29, 0.717) is 6.61 Å². The van der Waals surface area contributed by atoms with Crippen LogP contribution in [0.3, 0.4) is 0 Å². The molecule has 0 aromatic heterocycles. The van der Waals surface area contributed by atoms with Crippen molar-refractivity contribution in [3.8, 4) is 5.75 Å². The lowest BCUT2D eigenvalue weighted by Crippen LogP contribution is -2.20. The maximum Gasteiger partial charge on any atom is 0.330 e. The van der Waals surface area contributed by atoms with Gasteiger partial charge in [0.15, 0.2) is 0 Å². The molecule has 0 fully saturated rings. The Labute approximate surface area is 181 Å². The van der Waals surface area contributed by atoms with E-state index in [9.17, 15) is 14.3 Å². The lowest BCUT2D eigenvalue weighted by atomic mass is 9.69. The summed E-state index contributed by atoms with van der Waals surface area (Å²) >= 11 is 0. The number of ether oxygens (including phenoxy) is 1. The molecule has 1 N–H and O–H groups in total. The zero-order valence-electron chi connectivity index (χ0n) is 17.4. The van der Waals surface area contributed by atoms with Gasteiger partial charge in [-0.1, -0.05) is 42.5 Å². The molecule has 0 saturated carbocycles. The SMILES string of the molecule is CCOC(=O)C=Cc1ccc(C2c3ccc(O)cc3CCC2c2ccc(F)cc2)cc1. The van der Waals surface area contributed by atoms with Crippen molar-refractivity contribution in [3.05, 3.63) is 106 Å². The van der Waals surface area contributed by atoms with Gasteiger partial charge in [-0.15, -0.1) is 0 Å². The van der Waals surface area contributed by atoms with Crippen molar-refractivity contribution < 1.29 is 19.0 Å². The zero-order chi connectivity index (χ0) is 21.8. The van der Waals surface area contributed by atoms with E-state index < -0.39 is 0 Å². The highest BCUT2D eigenvalue weighted by atomic mass is 19.1. The average Bonchev–Trinajstić information content (AvgIpc) is 2.78. The summed E-state index contributed by atoms with van der Waals surface area (Å²) in [6.07, 6.45) is 4.95. The Hall–Kier alpha value is -3.40. The summed E-state index contributed by atoms with van der Waals surface area (Å²) in [7, 11) is 0. The van der Waals surface area contributed by atoms with E-state index in [1.165, 1.54) is 23.8 Å². The summed E-state index contributed by atoms with van der Waals surface area (Å²) in [6.45, 7) is 2.13. The van der Waals surface area contributed by atoms with Crippen LogP contribution in [0.25, 0.3) is 6.08 Å². The van der Waals surface area contributed by atoms with Gasteiger partial charge in [-0.05, 0) is 83.8 Å². The number of rotatable bonds is 5. The minimum atomic E-state index is -0.357. The molecule has 3 aromatic rings. The first-order valence-electron chi connectivity index (χ1n) is 10.6. The van der Waals surface area contributed by atoms with Gasteiger partial charge in [0.05, 0.1) is 6.61 Å². The molecule has 3 aromatic carbocycles. The van der Waals surface area contributed by atoms with Crippen LogP contribution in [0.15, 0.2) is 72.8 Å². The number of hydrogen-bond donors (Lipinski definition) is 1. The number of phenols is 1. The monoisotopic (exact) mass is 416 g/mol. The first kappa shape index (κ1) is 20.9. The molecule has 0 aliphatic heterocycles. The van der Waals surface area contributed by atoms with Crippen LogP contribution in [0, 0.1) is 5.82 Å². The molecule has 0 amide bonds. The van der Waals surface area contributed by atoms with Gasteiger partial charge in [-0.3, -0.25) is 0 Å². The van der Waals surface area contributed by atoms with E-state index in [1.54, 1.807) is 19.1 Å². The van der Waals surface area contributed by atoms with Gasteiger partial charge in [-0.2, -0.15) is 0 Å². The molecular formula is C27H25FO3. The first-order chi connectivity index (χ1) is 15.0. The molecule has 0 saturated heterocycles. The number of fused-ring (bicyclic) bond motifs is 1. The molecule has 1 aliphatic rings. The number of benzene rings is 3. The Morgan fingerprint density at radius 3 is 2.48 bits per heavy atom. The fourth-order valence-corrected chi connectivity index (χ4v) is 4.46. The van der Waals surface area contributed by atoms with Crippen LogP contribution in [0.2, 0.25) is 0 Å². The van der Waals surface area contributed by atoms with Crippen molar-refractivity contribution in [3.63, 3.8) is 0 Å². The summed E-state index contributed by atoms with van der Waals surface area (Å²) < 4.78 is 18.4. The molecule has 4 rings (SSSR count). The third kappa shape index (κ3) is 4.69. The van der Waals surface area contributed by atoms with Gasteiger partial charge in [0.25, 0.3) is 0 Å². The van der Waals surface area contributed by atoms with Crippen LogP contribution in [-0.2, 0) is 16.0 Å². The highest BCUT2D eigenvalue weighted by molar-refractivity contribution is 5.87. The van der Waals surface area contributed by atoms with E-state index in [0.717, 1.165) is 35.1 Å². The Morgan fingerprint density at radius 2 is 1.77 bits per heavy atom. The van der Waals surface area contributed by atoms with E-state index in [2.05, 4.69) is 12.1 Å². The fraction of sp³-hybridized carbons (Fsp3) is 0.222. The molecular weight excluding hydrogens is 391 g/mol. The first-order valence-corrected chi connectivity index (χ1v) is 10.6. The molecule has 31 heavy (non-hydrogen) atoms. The highest BCUT2D eigenvalue weighted by Gasteiger charge is 2.32. The minimum absolute atomic E-state index is 0.0953. The van der Waals surface area contributed by atoms with E-state index in [1.807, 2.05) is 36.4 Å². The Balaban J connectivity index is 1.69.